The fourth-order valence-electron chi connectivity index (χ4n) is 2.35. The number of carbonyl (C=O) groups excluding carboxylic acids is 1. The molecule has 0 saturated carbocycles. The SMILES string of the molecule is O=C(O)CCCCn1c(SCC(=O)Nc2nccs2)nc2ccsc2c1=O. The van der Waals surface area contributed by atoms with E-state index in [0.29, 0.717) is 39.9 Å². The Kier molecular flexibility index (Phi) is 6.58. The Hall–Kier alpha value is -2.24. The molecule has 0 aliphatic heterocycles. The Morgan fingerprint density at radius 2 is 2.11 bits per heavy atom. The molecule has 142 valence electrons. The number of thiazole rings is 1. The number of amides is 1. The van der Waals surface area contributed by atoms with Gasteiger partial charge in [0.15, 0.2) is 10.3 Å². The van der Waals surface area contributed by atoms with Gasteiger partial charge >= 0.3 is 5.97 Å². The fraction of sp³-hybridized carbons (Fsp3) is 0.312. The number of aliphatic carboxylic acids is 1. The average molecular weight is 425 g/mol. The van der Waals surface area contributed by atoms with Gasteiger partial charge in [-0.1, -0.05) is 11.8 Å². The number of aromatic nitrogens is 3. The lowest BCUT2D eigenvalue weighted by Crippen LogP contribution is -2.23. The minimum atomic E-state index is -0.859. The Morgan fingerprint density at radius 3 is 2.85 bits per heavy atom. The number of rotatable bonds is 9. The van der Waals surface area contributed by atoms with Crippen LogP contribution in [0.5, 0.6) is 0 Å². The second-order valence-corrected chi connectivity index (χ2v) is 8.26. The summed E-state index contributed by atoms with van der Waals surface area (Å²) in [5.74, 6) is -0.994. The summed E-state index contributed by atoms with van der Waals surface area (Å²) in [4.78, 5) is 44.0. The van der Waals surface area contributed by atoms with Crippen molar-refractivity contribution in [3.8, 4) is 0 Å². The van der Waals surface area contributed by atoms with E-state index >= 15 is 0 Å². The molecule has 0 bridgehead atoms. The van der Waals surface area contributed by atoms with Crippen molar-refractivity contribution in [2.24, 2.45) is 0 Å². The van der Waals surface area contributed by atoms with Crippen LogP contribution in [-0.2, 0) is 16.1 Å². The van der Waals surface area contributed by atoms with Crippen molar-refractivity contribution in [1.82, 2.24) is 14.5 Å². The summed E-state index contributed by atoms with van der Waals surface area (Å²) in [6.45, 7) is 0.364. The fourth-order valence-corrected chi connectivity index (χ4v) is 4.50. The van der Waals surface area contributed by atoms with E-state index in [-0.39, 0.29) is 23.6 Å². The summed E-state index contributed by atoms with van der Waals surface area (Å²) >= 11 is 3.83. The van der Waals surface area contributed by atoms with Crippen molar-refractivity contribution in [3.63, 3.8) is 0 Å². The lowest BCUT2D eigenvalue weighted by Gasteiger charge is -2.11. The first-order chi connectivity index (χ1) is 13.0. The number of hydrogen-bond acceptors (Lipinski definition) is 8. The molecular formula is C16H16N4O4S3. The highest BCUT2D eigenvalue weighted by Gasteiger charge is 2.14. The topological polar surface area (TPSA) is 114 Å². The van der Waals surface area contributed by atoms with Gasteiger partial charge in [0.05, 0.1) is 11.3 Å². The molecule has 3 heterocycles. The van der Waals surface area contributed by atoms with Gasteiger partial charge < -0.3 is 10.4 Å². The molecule has 0 aliphatic rings. The van der Waals surface area contributed by atoms with Crippen molar-refractivity contribution < 1.29 is 14.7 Å². The first-order valence-electron chi connectivity index (χ1n) is 8.06. The molecule has 3 rings (SSSR count). The molecule has 3 aromatic heterocycles. The Morgan fingerprint density at radius 1 is 1.26 bits per heavy atom. The third kappa shape index (κ3) is 5.15. The maximum Gasteiger partial charge on any atom is 0.303 e. The number of unbranched alkanes of at least 4 members (excludes halogenated alkanes) is 1. The van der Waals surface area contributed by atoms with Crippen LogP contribution in [0, 0.1) is 0 Å². The normalized spacial score (nSPS) is 11.0. The zero-order chi connectivity index (χ0) is 19.2. The number of fused-ring (bicyclic) bond motifs is 1. The second-order valence-electron chi connectivity index (χ2n) is 5.51. The van der Waals surface area contributed by atoms with Crippen LogP contribution in [-0.4, -0.2) is 37.3 Å². The Bertz CT molecular complexity index is 997. The van der Waals surface area contributed by atoms with Crippen LogP contribution in [0.4, 0.5) is 5.13 Å². The molecule has 0 saturated heterocycles. The summed E-state index contributed by atoms with van der Waals surface area (Å²) in [7, 11) is 0. The molecule has 0 spiro atoms. The molecule has 0 fully saturated rings. The molecule has 3 aromatic rings. The van der Waals surface area contributed by atoms with Crippen molar-refractivity contribution in [1.29, 1.82) is 0 Å². The highest BCUT2D eigenvalue weighted by Crippen LogP contribution is 2.22. The Balaban J connectivity index is 1.73. The van der Waals surface area contributed by atoms with Gasteiger partial charge in [0.2, 0.25) is 5.91 Å². The van der Waals surface area contributed by atoms with Gasteiger partial charge in [-0.25, -0.2) is 9.97 Å². The van der Waals surface area contributed by atoms with E-state index < -0.39 is 5.97 Å². The highest BCUT2D eigenvalue weighted by atomic mass is 32.2. The zero-order valence-electron chi connectivity index (χ0n) is 14.1. The summed E-state index contributed by atoms with van der Waals surface area (Å²) in [5, 5.41) is 16.0. The highest BCUT2D eigenvalue weighted by molar-refractivity contribution is 7.99. The smallest absolute Gasteiger partial charge is 0.303 e. The number of nitrogens with zero attached hydrogens (tertiary/aromatic N) is 3. The lowest BCUT2D eigenvalue weighted by atomic mass is 10.2. The third-order valence-corrected chi connectivity index (χ3v) is 6.12. The van der Waals surface area contributed by atoms with E-state index in [9.17, 15) is 14.4 Å². The van der Waals surface area contributed by atoms with Gasteiger partial charge in [-0.2, -0.15) is 0 Å². The van der Waals surface area contributed by atoms with Gasteiger partial charge in [0, 0.05) is 24.5 Å². The van der Waals surface area contributed by atoms with E-state index in [4.69, 9.17) is 5.11 Å². The molecule has 2 N–H and O–H groups in total. The van der Waals surface area contributed by atoms with Gasteiger partial charge in [0.1, 0.15) is 4.70 Å². The Labute approximate surface area is 166 Å². The molecule has 0 atom stereocenters. The number of thiophene rings is 1. The zero-order valence-corrected chi connectivity index (χ0v) is 16.5. The van der Waals surface area contributed by atoms with Crippen molar-refractivity contribution >= 4 is 61.7 Å². The van der Waals surface area contributed by atoms with Crippen LogP contribution in [0.25, 0.3) is 10.2 Å². The molecule has 8 nitrogen and oxygen atoms in total. The first-order valence-corrected chi connectivity index (χ1v) is 10.8. The minimum absolute atomic E-state index is 0.0577. The van der Waals surface area contributed by atoms with Gasteiger partial charge in [-0.15, -0.1) is 22.7 Å². The molecule has 27 heavy (non-hydrogen) atoms. The number of carboxylic acid groups (broad SMARTS) is 1. The molecule has 0 aromatic carbocycles. The molecule has 0 radical (unpaired) electrons. The maximum atomic E-state index is 12.7. The third-order valence-electron chi connectivity index (χ3n) is 3.56. The monoisotopic (exact) mass is 424 g/mol. The standard InChI is InChI=1S/C16H16N4O4S3/c21-11(19-15-17-5-8-26-15)9-27-16-18-10-4-7-25-13(10)14(24)20(16)6-2-1-3-12(22)23/h4-5,7-8H,1-3,6,9H2,(H,22,23)(H,17,19,21). The minimum Gasteiger partial charge on any atom is -0.481 e. The van der Waals surface area contributed by atoms with E-state index in [1.807, 2.05) is 0 Å². The number of hydrogen-bond donors (Lipinski definition) is 2. The number of carboxylic acids is 1. The predicted octanol–water partition coefficient (Wildman–Crippen LogP) is 2.90. The molecule has 0 unspecified atom stereocenters. The van der Waals surface area contributed by atoms with Gasteiger partial charge in [0.25, 0.3) is 5.56 Å². The van der Waals surface area contributed by atoms with E-state index in [1.54, 1.807) is 23.0 Å². The largest absolute Gasteiger partial charge is 0.481 e. The predicted molar refractivity (Wildman–Crippen MR) is 107 cm³/mol. The molecule has 1 amide bonds. The summed E-state index contributed by atoms with van der Waals surface area (Å²) in [6.07, 6.45) is 2.68. The van der Waals surface area contributed by atoms with Crippen LogP contribution in [0.15, 0.2) is 33.0 Å². The average Bonchev–Trinajstić information content (AvgIpc) is 3.30. The van der Waals surface area contributed by atoms with Crippen LogP contribution in [0.2, 0.25) is 0 Å². The molecular weight excluding hydrogens is 408 g/mol. The van der Waals surface area contributed by atoms with Crippen molar-refractivity contribution in [3.05, 3.63) is 33.4 Å². The molecule has 0 aliphatic carbocycles. The van der Waals surface area contributed by atoms with Crippen LogP contribution in [0.3, 0.4) is 0 Å². The lowest BCUT2D eigenvalue weighted by molar-refractivity contribution is -0.137. The number of carbonyl (C=O) groups is 2. The van der Waals surface area contributed by atoms with Gasteiger partial charge in [-0.3, -0.25) is 19.0 Å². The first kappa shape index (κ1) is 19.5. The van der Waals surface area contributed by atoms with Gasteiger partial charge in [-0.05, 0) is 24.3 Å². The quantitative estimate of drug-likeness (QED) is 0.308. The molecule has 11 heteroatoms. The van der Waals surface area contributed by atoms with Crippen molar-refractivity contribution in [2.45, 2.75) is 31.0 Å². The summed E-state index contributed by atoms with van der Waals surface area (Å²) < 4.78 is 2.09. The van der Waals surface area contributed by atoms with E-state index in [0.717, 1.165) is 0 Å². The summed E-state index contributed by atoms with van der Waals surface area (Å²) in [5.41, 5.74) is 0.447. The van der Waals surface area contributed by atoms with Crippen LogP contribution >= 0.6 is 34.4 Å². The van der Waals surface area contributed by atoms with Crippen LogP contribution < -0.4 is 10.9 Å². The number of nitrogens with one attached hydrogen (secondary N) is 1. The maximum absolute atomic E-state index is 12.7. The van der Waals surface area contributed by atoms with E-state index in [1.165, 1.54) is 39.0 Å². The van der Waals surface area contributed by atoms with Crippen molar-refractivity contribution in [2.75, 3.05) is 11.1 Å². The second kappa shape index (κ2) is 9.11. The number of anilines is 1. The van der Waals surface area contributed by atoms with Crippen LogP contribution in [0.1, 0.15) is 19.3 Å². The van der Waals surface area contributed by atoms with E-state index in [2.05, 4.69) is 15.3 Å². The number of thioether (sulfide) groups is 1. The summed E-state index contributed by atoms with van der Waals surface area (Å²) in [6, 6.07) is 1.77.